The highest BCUT2D eigenvalue weighted by molar-refractivity contribution is 7.98. The molecule has 1 aliphatic rings. The van der Waals surface area contributed by atoms with Crippen molar-refractivity contribution in [3.63, 3.8) is 0 Å². The van der Waals surface area contributed by atoms with Crippen LogP contribution < -0.4 is 5.32 Å². The molecule has 2 atom stereocenters. The number of hydrogen-bond donors (Lipinski definition) is 1. The zero-order valence-electron chi connectivity index (χ0n) is 9.53. The molecule has 0 radical (unpaired) electrons. The van der Waals surface area contributed by atoms with Gasteiger partial charge in [0.25, 0.3) is 0 Å². The van der Waals surface area contributed by atoms with E-state index in [-0.39, 0.29) is 11.3 Å². The van der Waals surface area contributed by atoms with E-state index in [4.69, 9.17) is 0 Å². The van der Waals surface area contributed by atoms with Gasteiger partial charge in [-0.25, -0.2) is 8.42 Å². The van der Waals surface area contributed by atoms with Crippen molar-refractivity contribution in [2.24, 2.45) is 0 Å². The smallest absolute Gasteiger partial charge is 0.151 e. The summed E-state index contributed by atoms with van der Waals surface area (Å²) in [4.78, 5) is 0. The van der Waals surface area contributed by atoms with Crippen molar-refractivity contribution in [1.82, 2.24) is 5.32 Å². The molecule has 1 N–H and O–H groups in total. The van der Waals surface area contributed by atoms with E-state index in [1.165, 1.54) is 6.26 Å². The van der Waals surface area contributed by atoms with E-state index in [1.54, 1.807) is 11.8 Å². The predicted molar refractivity (Wildman–Crippen MR) is 67.3 cm³/mol. The van der Waals surface area contributed by atoms with Crippen LogP contribution in [0.2, 0.25) is 0 Å². The second kappa shape index (κ2) is 6.11. The molecular weight excluding hydrogens is 230 g/mol. The van der Waals surface area contributed by atoms with Gasteiger partial charge in [-0.3, -0.25) is 0 Å². The summed E-state index contributed by atoms with van der Waals surface area (Å²) in [6.07, 6.45) is 7.48. The molecule has 0 amide bonds. The Morgan fingerprint density at radius 3 is 2.60 bits per heavy atom. The zero-order valence-corrected chi connectivity index (χ0v) is 11.2. The van der Waals surface area contributed by atoms with Gasteiger partial charge in [0.2, 0.25) is 0 Å². The summed E-state index contributed by atoms with van der Waals surface area (Å²) >= 11 is 1.79. The summed E-state index contributed by atoms with van der Waals surface area (Å²) in [6.45, 7) is 0.915. The topological polar surface area (TPSA) is 46.2 Å². The summed E-state index contributed by atoms with van der Waals surface area (Å²) in [5.74, 6) is 1.05. The SMILES string of the molecule is CSCCNC1CCCCC1S(C)(=O)=O. The van der Waals surface area contributed by atoms with Crippen molar-refractivity contribution in [1.29, 1.82) is 0 Å². The number of hydrogen-bond acceptors (Lipinski definition) is 4. The van der Waals surface area contributed by atoms with Gasteiger partial charge in [0, 0.05) is 24.6 Å². The second-order valence-electron chi connectivity index (χ2n) is 4.21. The van der Waals surface area contributed by atoms with Gasteiger partial charge in [-0.2, -0.15) is 11.8 Å². The molecule has 0 heterocycles. The molecule has 0 aromatic carbocycles. The predicted octanol–water partition coefficient (Wildman–Crippen LogP) is 1.29. The van der Waals surface area contributed by atoms with Gasteiger partial charge in [0.05, 0.1) is 5.25 Å². The summed E-state index contributed by atoms with van der Waals surface area (Å²) in [6, 6.07) is 0.181. The van der Waals surface area contributed by atoms with Gasteiger partial charge in [-0.15, -0.1) is 0 Å². The minimum atomic E-state index is -2.88. The van der Waals surface area contributed by atoms with E-state index >= 15 is 0 Å². The highest BCUT2D eigenvalue weighted by Crippen LogP contribution is 2.23. The molecule has 1 fully saturated rings. The zero-order chi connectivity index (χ0) is 11.3. The molecule has 15 heavy (non-hydrogen) atoms. The van der Waals surface area contributed by atoms with E-state index in [2.05, 4.69) is 11.6 Å². The molecule has 2 unspecified atom stereocenters. The third-order valence-electron chi connectivity index (χ3n) is 2.97. The molecule has 0 spiro atoms. The van der Waals surface area contributed by atoms with E-state index in [9.17, 15) is 8.42 Å². The van der Waals surface area contributed by atoms with Crippen molar-refractivity contribution < 1.29 is 8.42 Å². The largest absolute Gasteiger partial charge is 0.312 e. The normalized spacial score (nSPS) is 27.9. The Hall–Kier alpha value is 0.260. The first kappa shape index (κ1) is 13.3. The van der Waals surface area contributed by atoms with Crippen LogP contribution in [0.4, 0.5) is 0 Å². The van der Waals surface area contributed by atoms with E-state index < -0.39 is 9.84 Å². The first-order valence-electron chi connectivity index (χ1n) is 5.47. The molecule has 0 aliphatic heterocycles. The first-order chi connectivity index (χ1) is 7.05. The van der Waals surface area contributed by atoms with Crippen molar-refractivity contribution in [2.45, 2.75) is 37.0 Å². The molecule has 5 heteroatoms. The average Bonchev–Trinajstić information content (AvgIpc) is 2.17. The van der Waals surface area contributed by atoms with Crippen LogP contribution in [0.15, 0.2) is 0 Å². The number of thioether (sulfide) groups is 1. The highest BCUT2D eigenvalue weighted by Gasteiger charge is 2.31. The van der Waals surface area contributed by atoms with E-state index in [0.29, 0.717) is 0 Å². The quantitative estimate of drug-likeness (QED) is 0.748. The first-order valence-corrected chi connectivity index (χ1v) is 8.81. The molecule has 90 valence electrons. The Labute approximate surface area is 97.3 Å². The fourth-order valence-electron chi connectivity index (χ4n) is 2.19. The van der Waals surface area contributed by atoms with Crippen LogP contribution in [-0.2, 0) is 9.84 Å². The second-order valence-corrected chi connectivity index (χ2v) is 7.46. The third kappa shape index (κ3) is 4.33. The molecule has 0 aromatic rings. The fraction of sp³-hybridized carbons (Fsp3) is 1.00. The Balaban J connectivity index is 2.51. The van der Waals surface area contributed by atoms with Gasteiger partial charge >= 0.3 is 0 Å². The van der Waals surface area contributed by atoms with Crippen molar-refractivity contribution in [3.8, 4) is 0 Å². The lowest BCUT2D eigenvalue weighted by Crippen LogP contribution is -2.46. The standard InChI is InChI=1S/C10H21NO2S2/c1-14-8-7-11-9-5-3-4-6-10(9)15(2,12)13/h9-11H,3-8H2,1-2H3. The lowest BCUT2D eigenvalue weighted by Gasteiger charge is -2.30. The number of nitrogens with one attached hydrogen (secondary N) is 1. The molecule has 1 rings (SSSR count). The van der Waals surface area contributed by atoms with Crippen LogP contribution in [0.1, 0.15) is 25.7 Å². The van der Waals surface area contributed by atoms with Gasteiger partial charge in [-0.05, 0) is 19.1 Å². The van der Waals surface area contributed by atoms with Crippen molar-refractivity contribution >= 4 is 21.6 Å². The van der Waals surface area contributed by atoms with Crippen LogP contribution >= 0.6 is 11.8 Å². The Bertz CT molecular complexity index is 277. The average molecular weight is 251 g/mol. The lowest BCUT2D eigenvalue weighted by atomic mass is 9.95. The van der Waals surface area contributed by atoms with Crippen LogP contribution in [0, 0.1) is 0 Å². The maximum atomic E-state index is 11.6. The van der Waals surface area contributed by atoms with Crippen LogP contribution in [-0.4, -0.2) is 44.5 Å². The molecular formula is C10H21NO2S2. The summed E-state index contributed by atoms with van der Waals surface area (Å²) < 4.78 is 23.2. The van der Waals surface area contributed by atoms with Gasteiger partial charge in [0.1, 0.15) is 0 Å². The maximum absolute atomic E-state index is 11.6. The van der Waals surface area contributed by atoms with Gasteiger partial charge in [-0.1, -0.05) is 12.8 Å². The van der Waals surface area contributed by atoms with Crippen molar-refractivity contribution in [2.75, 3.05) is 24.8 Å². The summed E-state index contributed by atoms with van der Waals surface area (Å²) in [5, 5.41) is 3.22. The molecule has 1 aliphatic carbocycles. The summed E-state index contributed by atoms with van der Waals surface area (Å²) in [7, 11) is -2.88. The molecule has 0 saturated heterocycles. The van der Waals surface area contributed by atoms with Crippen LogP contribution in [0.5, 0.6) is 0 Å². The highest BCUT2D eigenvalue weighted by atomic mass is 32.2. The van der Waals surface area contributed by atoms with Crippen LogP contribution in [0.3, 0.4) is 0 Å². The minimum absolute atomic E-state index is 0.159. The van der Waals surface area contributed by atoms with Gasteiger partial charge < -0.3 is 5.32 Å². The Morgan fingerprint density at radius 1 is 1.33 bits per heavy atom. The summed E-state index contributed by atoms with van der Waals surface area (Å²) in [5.41, 5.74) is 0. The number of rotatable bonds is 5. The molecule has 0 aromatic heterocycles. The minimum Gasteiger partial charge on any atom is -0.312 e. The Kier molecular flexibility index (Phi) is 5.43. The Morgan fingerprint density at radius 2 is 2.00 bits per heavy atom. The van der Waals surface area contributed by atoms with Gasteiger partial charge in [0.15, 0.2) is 9.84 Å². The molecule has 1 saturated carbocycles. The monoisotopic (exact) mass is 251 g/mol. The van der Waals surface area contributed by atoms with E-state index in [0.717, 1.165) is 38.0 Å². The molecule has 0 bridgehead atoms. The maximum Gasteiger partial charge on any atom is 0.151 e. The lowest BCUT2D eigenvalue weighted by molar-refractivity contribution is 0.378. The number of sulfone groups is 1. The fourth-order valence-corrected chi connectivity index (χ4v) is 3.94. The van der Waals surface area contributed by atoms with E-state index in [1.807, 2.05) is 0 Å². The molecule has 3 nitrogen and oxygen atoms in total. The third-order valence-corrected chi connectivity index (χ3v) is 5.24. The van der Waals surface area contributed by atoms with Crippen LogP contribution in [0.25, 0.3) is 0 Å². The van der Waals surface area contributed by atoms with Crippen molar-refractivity contribution in [3.05, 3.63) is 0 Å².